The van der Waals surface area contributed by atoms with Gasteiger partial charge in [0.1, 0.15) is 12.4 Å². The highest BCUT2D eigenvalue weighted by Gasteiger charge is 2.73. The second-order valence-corrected chi connectivity index (χ2v) is 9.81. The van der Waals surface area contributed by atoms with Gasteiger partial charge in [-0.25, -0.2) is 0 Å². The number of rotatable bonds is 5. The number of para-hydroxylation sites is 2. The lowest BCUT2D eigenvalue weighted by Crippen LogP contribution is -2.55. The van der Waals surface area contributed by atoms with E-state index in [1.165, 1.54) is 0 Å². The Labute approximate surface area is 207 Å². The lowest BCUT2D eigenvalue weighted by atomic mass is 9.77. The van der Waals surface area contributed by atoms with E-state index in [4.69, 9.17) is 16.3 Å². The van der Waals surface area contributed by atoms with Gasteiger partial charge in [0.2, 0.25) is 0 Å². The van der Waals surface area contributed by atoms with Crippen LogP contribution in [-0.2, 0) is 16.9 Å². The van der Waals surface area contributed by atoms with Crippen molar-refractivity contribution in [1.29, 1.82) is 0 Å². The van der Waals surface area contributed by atoms with E-state index in [2.05, 4.69) is 10.2 Å². The Hall–Kier alpha value is -3.42. The smallest absolute Gasteiger partial charge is 0.256 e. The van der Waals surface area contributed by atoms with E-state index in [1.54, 1.807) is 0 Å². The lowest BCUT2D eigenvalue weighted by Gasteiger charge is -2.32. The van der Waals surface area contributed by atoms with Crippen molar-refractivity contribution in [2.24, 2.45) is 0 Å². The van der Waals surface area contributed by atoms with Gasteiger partial charge in [0.15, 0.2) is 5.54 Å². The topological polar surface area (TPSA) is 84.7 Å². The Balaban J connectivity index is 1.45. The van der Waals surface area contributed by atoms with Crippen molar-refractivity contribution in [2.45, 2.75) is 43.0 Å². The Morgan fingerprint density at radius 3 is 2.63 bits per heavy atom. The van der Waals surface area contributed by atoms with Gasteiger partial charge >= 0.3 is 0 Å². The normalized spacial score (nSPS) is 27.0. The molecular formula is C27H24ClN3O4. The number of ether oxygens (including phenoxy) is 1. The minimum Gasteiger partial charge on any atom is -0.489 e. The van der Waals surface area contributed by atoms with Crippen molar-refractivity contribution < 1.29 is 14.5 Å². The van der Waals surface area contributed by atoms with Crippen molar-refractivity contribution in [3.05, 3.63) is 105 Å². The zero-order valence-electron chi connectivity index (χ0n) is 18.9. The molecule has 0 unspecified atom stereocenters. The molecule has 3 aliphatic heterocycles. The summed E-state index contributed by atoms with van der Waals surface area (Å²) in [5, 5.41) is 16.4. The standard InChI is InChI=1S/C27H24ClN3O4/c28-18-13-11-17(12-14-18)16-35-23-10-4-1-6-19(23)24-22-9-5-15-30(22)27(25(24)31(33)34)20-7-2-3-8-21(20)29-26(27)32/h1-4,6-8,10-14,22,24-25H,5,9,15-16H2,(H,29,32)/t22-,24-,25+,27-/m0/s1. The van der Waals surface area contributed by atoms with Gasteiger partial charge in [0, 0.05) is 39.3 Å². The van der Waals surface area contributed by atoms with Crippen LogP contribution in [0.2, 0.25) is 5.02 Å². The number of carbonyl (C=O) groups is 1. The second kappa shape index (κ2) is 8.36. The summed E-state index contributed by atoms with van der Waals surface area (Å²) in [6.45, 7) is 0.952. The minimum atomic E-state index is -1.34. The molecule has 0 aromatic heterocycles. The van der Waals surface area contributed by atoms with Crippen LogP contribution in [0.25, 0.3) is 0 Å². The van der Waals surface area contributed by atoms with Gasteiger partial charge in [-0.05, 0) is 42.7 Å². The summed E-state index contributed by atoms with van der Waals surface area (Å²) in [4.78, 5) is 28.3. The summed E-state index contributed by atoms with van der Waals surface area (Å²) in [6.07, 6.45) is 1.67. The molecule has 35 heavy (non-hydrogen) atoms. The second-order valence-electron chi connectivity index (χ2n) is 9.38. The molecule has 0 aliphatic carbocycles. The first-order valence-electron chi connectivity index (χ1n) is 11.8. The first-order valence-corrected chi connectivity index (χ1v) is 12.2. The van der Waals surface area contributed by atoms with Crippen molar-refractivity contribution >= 4 is 23.2 Å². The predicted octanol–water partition coefficient (Wildman–Crippen LogP) is 4.97. The number of nitrogens with one attached hydrogen (secondary N) is 1. The first kappa shape index (κ1) is 22.1. The Bertz CT molecular complexity index is 1310. The molecule has 0 saturated carbocycles. The SMILES string of the molecule is O=C1Nc2ccccc2[C@]12[C@H]([N+](=O)[O-])[C@@H](c1ccccc1OCc1ccc(Cl)cc1)[C@@H]1CCCN12. The van der Waals surface area contributed by atoms with Gasteiger partial charge in [-0.15, -0.1) is 0 Å². The number of benzene rings is 3. The number of anilines is 1. The van der Waals surface area contributed by atoms with Crippen molar-refractivity contribution in [3.63, 3.8) is 0 Å². The highest BCUT2D eigenvalue weighted by atomic mass is 35.5. The van der Waals surface area contributed by atoms with Crippen LogP contribution in [-0.4, -0.2) is 34.4 Å². The molecule has 1 amide bonds. The molecule has 3 aromatic carbocycles. The fourth-order valence-electron chi connectivity index (χ4n) is 6.38. The minimum absolute atomic E-state index is 0.136. The van der Waals surface area contributed by atoms with Crippen LogP contribution < -0.4 is 10.1 Å². The molecule has 3 heterocycles. The summed E-state index contributed by atoms with van der Waals surface area (Å²) >= 11 is 6.00. The number of halogens is 1. The number of fused-ring (bicyclic) bond motifs is 4. The van der Waals surface area contributed by atoms with Crippen molar-refractivity contribution in [3.8, 4) is 5.75 Å². The maximum atomic E-state index is 13.6. The molecule has 2 fully saturated rings. The molecule has 3 aromatic rings. The fraction of sp³-hybridized carbons (Fsp3) is 0.296. The molecule has 2 saturated heterocycles. The quantitative estimate of drug-likeness (QED) is 0.404. The van der Waals surface area contributed by atoms with Gasteiger partial charge in [-0.3, -0.25) is 19.8 Å². The third-order valence-corrected chi connectivity index (χ3v) is 7.93. The van der Waals surface area contributed by atoms with E-state index in [0.717, 1.165) is 24.0 Å². The maximum Gasteiger partial charge on any atom is 0.256 e. The van der Waals surface area contributed by atoms with E-state index < -0.39 is 17.5 Å². The molecule has 8 heteroatoms. The lowest BCUT2D eigenvalue weighted by molar-refractivity contribution is -0.534. The van der Waals surface area contributed by atoms with Crippen LogP contribution in [0.1, 0.15) is 35.4 Å². The monoisotopic (exact) mass is 489 g/mol. The molecule has 3 aliphatic rings. The number of nitrogens with zero attached hydrogens (tertiary/aromatic N) is 2. The maximum absolute atomic E-state index is 13.6. The number of amides is 1. The van der Waals surface area contributed by atoms with Crippen LogP contribution in [0.3, 0.4) is 0 Å². The zero-order chi connectivity index (χ0) is 24.2. The molecule has 4 atom stereocenters. The number of nitro groups is 1. The molecule has 0 bridgehead atoms. The molecule has 1 spiro atoms. The van der Waals surface area contributed by atoms with E-state index >= 15 is 0 Å². The van der Waals surface area contributed by atoms with Gasteiger partial charge in [-0.1, -0.05) is 60.1 Å². The van der Waals surface area contributed by atoms with Crippen molar-refractivity contribution in [2.75, 3.05) is 11.9 Å². The molecule has 1 N–H and O–H groups in total. The summed E-state index contributed by atoms with van der Waals surface area (Å²) in [6, 6.07) is 21.0. The van der Waals surface area contributed by atoms with E-state index in [9.17, 15) is 14.9 Å². The van der Waals surface area contributed by atoms with Crippen LogP contribution in [0, 0.1) is 10.1 Å². The van der Waals surface area contributed by atoms with E-state index in [0.29, 0.717) is 35.2 Å². The summed E-state index contributed by atoms with van der Waals surface area (Å²) in [7, 11) is 0. The number of hydrogen-bond acceptors (Lipinski definition) is 5. The predicted molar refractivity (Wildman–Crippen MR) is 132 cm³/mol. The summed E-state index contributed by atoms with van der Waals surface area (Å²) in [5.41, 5.74) is 1.73. The average Bonchev–Trinajstić information content (AvgIpc) is 3.52. The van der Waals surface area contributed by atoms with E-state index in [1.807, 2.05) is 72.8 Å². The highest BCUT2D eigenvalue weighted by Crippen LogP contribution is 2.58. The summed E-state index contributed by atoms with van der Waals surface area (Å²) in [5.74, 6) is -0.199. The molecule has 7 nitrogen and oxygen atoms in total. The number of carbonyl (C=O) groups excluding carboxylic acids is 1. The van der Waals surface area contributed by atoms with E-state index in [-0.39, 0.29) is 16.9 Å². The molecule has 178 valence electrons. The Kier molecular flexibility index (Phi) is 5.27. The van der Waals surface area contributed by atoms with Gasteiger partial charge in [0.05, 0.1) is 5.92 Å². The Morgan fingerprint density at radius 1 is 1.09 bits per heavy atom. The zero-order valence-corrected chi connectivity index (χ0v) is 19.6. The third kappa shape index (κ3) is 3.26. The molecule has 0 radical (unpaired) electrons. The largest absolute Gasteiger partial charge is 0.489 e. The van der Waals surface area contributed by atoms with Crippen LogP contribution in [0.15, 0.2) is 72.8 Å². The molecule has 6 rings (SSSR count). The first-order chi connectivity index (χ1) is 17.0. The van der Waals surface area contributed by atoms with Crippen molar-refractivity contribution in [1.82, 2.24) is 4.90 Å². The third-order valence-electron chi connectivity index (χ3n) is 7.68. The van der Waals surface area contributed by atoms with Crippen LogP contribution >= 0.6 is 11.6 Å². The Morgan fingerprint density at radius 2 is 1.83 bits per heavy atom. The summed E-state index contributed by atoms with van der Waals surface area (Å²) < 4.78 is 6.21. The van der Waals surface area contributed by atoms with Gasteiger partial charge in [-0.2, -0.15) is 0 Å². The number of hydrogen-bond donors (Lipinski definition) is 1. The van der Waals surface area contributed by atoms with Crippen LogP contribution in [0.4, 0.5) is 5.69 Å². The molecular weight excluding hydrogens is 466 g/mol. The van der Waals surface area contributed by atoms with Gasteiger partial charge < -0.3 is 10.1 Å². The van der Waals surface area contributed by atoms with Crippen LogP contribution in [0.5, 0.6) is 5.75 Å². The average molecular weight is 490 g/mol. The highest BCUT2D eigenvalue weighted by molar-refractivity contribution is 6.30. The van der Waals surface area contributed by atoms with Gasteiger partial charge in [0.25, 0.3) is 11.9 Å². The fourth-order valence-corrected chi connectivity index (χ4v) is 6.50.